The van der Waals surface area contributed by atoms with Crippen LogP contribution in [0.1, 0.15) is 40.5 Å². The molecule has 8 heteroatoms. The highest BCUT2D eigenvalue weighted by molar-refractivity contribution is 7.14. The predicted molar refractivity (Wildman–Crippen MR) is 102 cm³/mol. The SMILES string of the molecule is CCOc1c(Cl)cc(C(=O)Nc2sccc2C(=O)NC2CC2)cc1OC. The summed E-state index contributed by atoms with van der Waals surface area (Å²) in [6.07, 6.45) is 2.00. The maximum atomic E-state index is 12.6. The van der Waals surface area contributed by atoms with Crippen LogP contribution >= 0.6 is 22.9 Å². The van der Waals surface area contributed by atoms with Crippen molar-refractivity contribution < 1.29 is 19.1 Å². The fourth-order valence-corrected chi connectivity index (χ4v) is 3.43. The molecule has 0 bridgehead atoms. The maximum Gasteiger partial charge on any atom is 0.256 e. The Morgan fingerprint density at radius 1 is 1.31 bits per heavy atom. The third kappa shape index (κ3) is 4.11. The van der Waals surface area contributed by atoms with Gasteiger partial charge in [0.1, 0.15) is 5.00 Å². The zero-order valence-corrected chi connectivity index (χ0v) is 16.0. The van der Waals surface area contributed by atoms with Gasteiger partial charge in [-0.05, 0) is 43.3 Å². The monoisotopic (exact) mass is 394 g/mol. The summed E-state index contributed by atoms with van der Waals surface area (Å²) in [4.78, 5) is 24.9. The minimum atomic E-state index is -0.379. The minimum absolute atomic E-state index is 0.175. The van der Waals surface area contributed by atoms with Crippen LogP contribution in [0.4, 0.5) is 5.00 Å². The Kier molecular flexibility index (Phi) is 5.68. The zero-order valence-electron chi connectivity index (χ0n) is 14.4. The molecule has 26 heavy (non-hydrogen) atoms. The first-order valence-corrected chi connectivity index (χ1v) is 9.49. The van der Waals surface area contributed by atoms with Crippen molar-refractivity contribution in [1.29, 1.82) is 0 Å². The van der Waals surface area contributed by atoms with Crippen molar-refractivity contribution in [2.75, 3.05) is 19.0 Å². The summed E-state index contributed by atoms with van der Waals surface area (Å²) in [5, 5.41) is 8.24. The first kappa shape index (κ1) is 18.5. The van der Waals surface area contributed by atoms with E-state index >= 15 is 0 Å². The standard InChI is InChI=1S/C18H19ClN2O4S/c1-3-25-15-13(19)8-10(9-14(15)24-2)16(22)21-18-12(6-7-26-18)17(23)20-11-4-5-11/h6-9,11H,3-5H2,1-2H3,(H,20,23)(H,21,22). The topological polar surface area (TPSA) is 76.7 Å². The van der Waals surface area contributed by atoms with Crippen LogP contribution in [0.15, 0.2) is 23.6 Å². The second-order valence-corrected chi connectivity index (χ2v) is 7.11. The van der Waals surface area contributed by atoms with Gasteiger partial charge in [-0.25, -0.2) is 0 Å². The number of hydrogen-bond acceptors (Lipinski definition) is 5. The number of anilines is 1. The van der Waals surface area contributed by atoms with Crippen LogP contribution in [-0.2, 0) is 0 Å². The molecular formula is C18H19ClN2O4S. The van der Waals surface area contributed by atoms with E-state index in [-0.39, 0.29) is 22.9 Å². The van der Waals surface area contributed by atoms with Crippen LogP contribution in [-0.4, -0.2) is 31.6 Å². The number of carbonyl (C=O) groups excluding carboxylic acids is 2. The molecular weight excluding hydrogens is 376 g/mol. The van der Waals surface area contributed by atoms with Crippen LogP contribution in [0.3, 0.4) is 0 Å². The van der Waals surface area contributed by atoms with Crippen molar-refractivity contribution in [3.05, 3.63) is 39.7 Å². The molecule has 0 unspecified atom stereocenters. The summed E-state index contributed by atoms with van der Waals surface area (Å²) in [5.41, 5.74) is 0.775. The van der Waals surface area contributed by atoms with E-state index in [0.29, 0.717) is 34.2 Å². The normalized spacial score (nSPS) is 13.2. The van der Waals surface area contributed by atoms with E-state index in [1.807, 2.05) is 6.92 Å². The van der Waals surface area contributed by atoms with Gasteiger partial charge in [0.15, 0.2) is 11.5 Å². The number of rotatable bonds is 7. The summed E-state index contributed by atoms with van der Waals surface area (Å²) in [5.74, 6) is 0.221. The number of nitrogens with one attached hydrogen (secondary N) is 2. The number of methoxy groups -OCH3 is 1. The lowest BCUT2D eigenvalue weighted by atomic mass is 10.2. The fourth-order valence-electron chi connectivity index (χ4n) is 2.39. The number of hydrogen-bond donors (Lipinski definition) is 2. The van der Waals surface area contributed by atoms with Gasteiger partial charge in [-0.1, -0.05) is 11.6 Å². The van der Waals surface area contributed by atoms with Gasteiger partial charge in [0, 0.05) is 11.6 Å². The summed E-state index contributed by atoms with van der Waals surface area (Å²) in [6.45, 7) is 2.26. The van der Waals surface area contributed by atoms with Crippen molar-refractivity contribution >= 4 is 39.8 Å². The Bertz CT molecular complexity index is 833. The Hall–Kier alpha value is -2.25. The van der Waals surface area contributed by atoms with Crippen LogP contribution in [0.25, 0.3) is 0 Å². The largest absolute Gasteiger partial charge is 0.493 e. The van der Waals surface area contributed by atoms with Gasteiger partial charge in [-0.15, -0.1) is 11.3 Å². The number of benzene rings is 1. The predicted octanol–water partition coefficient (Wildman–Crippen LogP) is 3.95. The van der Waals surface area contributed by atoms with Crippen molar-refractivity contribution in [2.45, 2.75) is 25.8 Å². The van der Waals surface area contributed by atoms with Crippen LogP contribution in [0.2, 0.25) is 5.02 Å². The molecule has 1 aromatic heterocycles. The summed E-state index contributed by atoms with van der Waals surface area (Å²) in [6, 6.07) is 5.02. The van der Waals surface area contributed by atoms with Crippen molar-refractivity contribution in [2.24, 2.45) is 0 Å². The number of ether oxygens (including phenoxy) is 2. The molecule has 0 spiro atoms. The molecule has 1 aromatic carbocycles. The highest BCUT2D eigenvalue weighted by atomic mass is 35.5. The molecule has 138 valence electrons. The second kappa shape index (κ2) is 7.97. The molecule has 6 nitrogen and oxygen atoms in total. The van der Waals surface area contributed by atoms with Gasteiger partial charge in [-0.2, -0.15) is 0 Å². The summed E-state index contributed by atoms with van der Waals surface area (Å²) < 4.78 is 10.7. The molecule has 2 N–H and O–H groups in total. The molecule has 1 fully saturated rings. The average Bonchev–Trinajstić information content (AvgIpc) is 3.31. The lowest BCUT2D eigenvalue weighted by Gasteiger charge is -2.13. The van der Waals surface area contributed by atoms with E-state index in [1.54, 1.807) is 17.5 Å². The third-order valence-corrected chi connectivity index (χ3v) is 4.94. The van der Waals surface area contributed by atoms with E-state index in [0.717, 1.165) is 12.8 Å². The quantitative estimate of drug-likeness (QED) is 0.745. The Balaban J connectivity index is 1.79. The first-order valence-electron chi connectivity index (χ1n) is 8.23. The van der Waals surface area contributed by atoms with Gasteiger partial charge in [0.2, 0.25) is 0 Å². The second-order valence-electron chi connectivity index (χ2n) is 5.79. The molecule has 2 aromatic rings. The molecule has 3 rings (SSSR count). The van der Waals surface area contributed by atoms with Crippen LogP contribution < -0.4 is 20.1 Å². The Morgan fingerprint density at radius 2 is 2.08 bits per heavy atom. The summed E-state index contributed by atoms with van der Waals surface area (Å²) in [7, 11) is 1.48. The van der Waals surface area contributed by atoms with E-state index in [9.17, 15) is 9.59 Å². The van der Waals surface area contributed by atoms with Gasteiger partial charge >= 0.3 is 0 Å². The van der Waals surface area contributed by atoms with E-state index in [4.69, 9.17) is 21.1 Å². The van der Waals surface area contributed by atoms with Crippen molar-refractivity contribution in [3.63, 3.8) is 0 Å². The van der Waals surface area contributed by atoms with E-state index in [2.05, 4.69) is 10.6 Å². The molecule has 2 amide bonds. The highest BCUT2D eigenvalue weighted by Crippen LogP contribution is 2.37. The summed E-state index contributed by atoms with van der Waals surface area (Å²) >= 11 is 7.51. The number of halogens is 1. The molecule has 1 heterocycles. The number of thiophene rings is 1. The van der Waals surface area contributed by atoms with Gasteiger partial charge in [-0.3, -0.25) is 9.59 Å². The van der Waals surface area contributed by atoms with E-state index in [1.165, 1.54) is 24.5 Å². The molecule has 0 radical (unpaired) electrons. The molecule has 1 aliphatic rings. The molecule has 1 saturated carbocycles. The molecule has 0 saturated heterocycles. The minimum Gasteiger partial charge on any atom is -0.493 e. The average molecular weight is 395 g/mol. The van der Waals surface area contributed by atoms with Crippen LogP contribution in [0, 0.1) is 0 Å². The maximum absolute atomic E-state index is 12.6. The van der Waals surface area contributed by atoms with Crippen molar-refractivity contribution in [1.82, 2.24) is 5.32 Å². The zero-order chi connectivity index (χ0) is 18.7. The molecule has 0 atom stereocenters. The first-order chi connectivity index (χ1) is 12.5. The van der Waals surface area contributed by atoms with Crippen molar-refractivity contribution in [3.8, 4) is 11.5 Å². The lowest BCUT2D eigenvalue weighted by Crippen LogP contribution is -2.26. The van der Waals surface area contributed by atoms with E-state index < -0.39 is 0 Å². The van der Waals surface area contributed by atoms with Gasteiger partial charge in [0.05, 0.1) is 24.3 Å². The third-order valence-electron chi connectivity index (χ3n) is 3.83. The lowest BCUT2D eigenvalue weighted by molar-refractivity contribution is 0.0952. The number of carbonyl (C=O) groups is 2. The number of amides is 2. The molecule has 1 aliphatic carbocycles. The molecule has 0 aliphatic heterocycles. The highest BCUT2D eigenvalue weighted by Gasteiger charge is 2.26. The van der Waals surface area contributed by atoms with Gasteiger partial charge in [0.25, 0.3) is 11.8 Å². The van der Waals surface area contributed by atoms with Crippen LogP contribution in [0.5, 0.6) is 11.5 Å². The van der Waals surface area contributed by atoms with Gasteiger partial charge < -0.3 is 20.1 Å². The smallest absolute Gasteiger partial charge is 0.256 e. The Labute approximate surface area is 160 Å². The fraction of sp³-hybridized carbons (Fsp3) is 0.333. The Morgan fingerprint density at radius 3 is 2.73 bits per heavy atom.